The summed E-state index contributed by atoms with van der Waals surface area (Å²) in [6.07, 6.45) is 1.85. The van der Waals surface area contributed by atoms with Crippen LogP contribution in [0.3, 0.4) is 0 Å². The molecule has 0 aliphatic carbocycles. The van der Waals surface area contributed by atoms with Crippen LogP contribution in [-0.2, 0) is 31.9 Å². The molecule has 24 heavy (non-hydrogen) atoms. The number of hydrogen-bond acceptors (Lipinski definition) is 5. The zero-order chi connectivity index (χ0) is 17.6. The van der Waals surface area contributed by atoms with E-state index in [4.69, 9.17) is 24.0 Å². The maximum Gasteiger partial charge on any atom is 0.332 e. The van der Waals surface area contributed by atoms with Crippen molar-refractivity contribution in [2.75, 3.05) is 19.9 Å². The second kappa shape index (κ2) is 8.74. The fraction of sp³-hybridized carbons (Fsp3) is 0.562. The molecule has 1 aromatic rings. The van der Waals surface area contributed by atoms with Gasteiger partial charge in [0.25, 0.3) is 0 Å². The molecule has 1 aliphatic heterocycles. The van der Waals surface area contributed by atoms with Crippen LogP contribution in [0, 0.1) is 0 Å². The van der Waals surface area contributed by atoms with Gasteiger partial charge in [-0.1, -0.05) is 6.07 Å². The predicted octanol–water partition coefficient (Wildman–Crippen LogP) is 2.03. The molecule has 1 heterocycles. The lowest BCUT2D eigenvalue weighted by Crippen LogP contribution is -2.25. The third-order valence-electron chi connectivity index (χ3n) is 3.60. The molecular weight excluding hydrogens is 335 g/mol. The first-order chi connectivity index (χ1) is 11.4. The van der Waals surface area contributed by atoms with Crippen LogP contribution in [0.4, 0.5) is 0 Å². The summed E-state index contributed by atoms with van der Waals surface area (Å²) in [4.78, 5) is 29.5. The lowest BCUT2D eigenvalue weighted by atomic mass is 10.1. The number of rotatable bonds is 8. The normalized spacial score (nSPS) is 18.4. The summed E-state index contributed by atoms with van der Waals surface area (Å²) in [6.45, 7) is 0.988. The molecular formula is C16H23O7P. The third kappa shape index (κ3) is 6.34. The molecule has 1 atom stereocenters. The van der Waals surface area contributed by atoms with Crippen molar-refractivity contribution in [3.63, 3.8) is 0 Å². The molecule has 2 rings (SSSR count). The van der Waals surface area contributed by atoms with E-state index in [1.807, 2.05) is 0 Å². The van der Waals surface area contributed by atoms with Crippen LogP contribution in [0.15, 0.2) is 18.2 Å². The number of ketones is 1. The molecule has 0 amide bonds. The van der Waals surface area contributed by atoms with Crippen molar-refractivity contribution in [2.24, 2.45) is 0 Å². The highest BCUT2D eigenvalue weighted by Gasteiger charge is 2.20. The number of Topliss-reactive ketones (excluding diaryl/α,β-unsaturated/α-hetero) is 1. The summed E-state index contributed by atoms with van der Waals surface area (Å²) in [6, 6.07) is 5.22. The molecule has 2 N–H and O–H groups in total. The quantitative estimate of drug-likeness (QED) is 0.686. The Labute approximate surface area is 141 Å². The number of carbonyl (C=O) groups is 1. The second-order valence-electron chi connectivity index (χ2n) is 5.83. The van der Waals surface area contributed by atoms with Crippen molar-refractivity contribution < 1.29 is 33.4 Å². The third-order valence-corrected chi connectivity index (χ3v) is 4.37. The highest BCUT2D eigenvalue weighted by molar-refractivity contribution is 7.52. The van der Waals surface area contributed by atoms with Crippen molar-refractivity contribution >= 4 is 13.4 Å². The van der Waals surface area contributed by atoms with E-state index < -0.39 is 19.5 Å². The fourth-order valence-corrected chi connectivity index (χ4v) is 3.16. The summed E-state index contributed by atoms with van der Waals surface area (Å²) >= 11 is 0. The molecule has 0 aromatic heterocycles. The predicted molar refractivity (Wildman–Crippen MR) is 87.0 cm³/mol. The Balaban J connectivity index is 2.07. The van der Waals surface area contributed by atoms with E-state index in [1.54, 1.807) is 25.3 Å². The second-order valence-corrected chi connectivity index (χ2v) is 7.47. The Morgan fingerprint density at radius 1 is 1.38 bits per heavy atom. The summed E-state index contributed by atoms with van der Waals surface area (Å²) in [5.74, 6) is 0.130. The Kier molecular flexibility index (Phi) is 6.95. The average Bonchev–Trinajstić information content (AvgIpc) is 2.49. The minimum atomic E-state index is -4.33. The molecule has 134 valence electrons. The fourth-order valence-electron chi connectivity index (χ4n) is 2.59. The monoisotopic (exact) mass is 358 g/mol. The van der Waals surface area contributed by atoms with Gasteiger partial charge in [-0.15, -0.1) is 0 Å². The minimum absolute atomic E-state index is 0.0396. The first-order valence-corrected chi connectivity index (χ1v) is 9.62. The molecule has 1 saturated heterocycles. The largest absolute Gasteiger partial charge is 0.465 e. The number of methoxy groups -OCH3 is 1. The smallest absolute Gasteiger partial charge is 0.332 e. The molecule has 1 fully saturated rings. The van der Waals surface area contributed by atoms with Crippen LogP contribution in [0.2, 0.25) is 0 Å². The average molecular weight is 358 g/mol. The first kappa shape index (κ1) is 19.1. The topological polar surface area (TPSA) is 102 Å². The molecule has 0 saturated carbocycles. The van der Waals surface area contributed by atoms with Crippen LogP contribution >= 0.6 is 7.60 Å². The van der Waals surface area contributed by atoms with Gasteiger partial charge in [-0.2, -0.15) is 0 Å². The van der Waals surface area contributed by atoms with Crippen LogP contribution in [-0.4, -0.2) is 41.7 Å². The summed E-state index contributed by atoms with van der Waals surface area (Å²) in [5, 5.41) is 0. The Morgan fingerprint density at radius 2 is 2.17 bits per heavy atom. The van der Waals surface area contributed by atoms with Gasteiger partial charge >= 0.3 is 7.60 Å². The Hall–Kier alpha value is -1.24. The molecule has 1 aromatic carbocycles. The minimum Gasteiger partial charge on any atom is -0.465 e. The molecule has 8 heteroatoms. The number of carbonyl (C=O) groups excluding carboxylic acids is 1. The van der Waals surface area contributed by atoms with E-state index in [0.29, 0.717) is 24.5 Å². The van der Waals surface area contributed by atoms with Gasteiger partial charge in [0.1, 0.15) is 17.7 Å². The lowest BCUT2D eigenvalue weighted by Gasteiger charge is -2.24. The van der Waals surface area contributed by atoms with Crippen LogP contribution in [0.5, 0.6) is 5.75 Å². The maximum absolute atomic E-state index is 11.7. The van der Waals surface area contributed by atoms with E-state index in [2.05, 4.69) is 0 Å². The van der Waals surface area contributed by atoms with Gasteiger partial charge < -0.3 is 24.0 Å². The first-order valence-electron chi connectivity index (χ1n) is 7.82. The van der Waals surface area contributed by atoms with Gasteiger partial charge in [0.05, 0.1) is 13.2 Å². The van der Waals surface area contributed by atoms with Gasteiger partial charge in [-0.05, 0) is 30.5 Å². The van der Waals surface area contributed by atoms with E-state index in [1.165, 1.54) is 0 Å². The van der Waals surface area contributed by atoms with Crippen molar-refractivity contribution in [3.8, 4) is 5.75 Å². The van der Waals surface area contributed by atoms with Gasteiger partial charge in [0, 0.05) is 25.5 Å². The molecule has 7 nitrogen and oxygen atoms in total. The SMILES string of the molecule is COCc1cc(CC(=O)CP(=O)(O)O)ccc1OC1CCCCO1. The molecule has 1 aliphatic rings. The van der Waals surface area contributed by atoms with Crippen molar-refractivity contribution in [3.05, 3.63) is 29.3 Å². The summed E-state index contributed by atoms with van der Waals surface area (Å²) < 4.78 is 27.5. The van der Waals surface area contributed by atoms with Gasteiger partial charge in [0.2, 0.25) is 0 Å². The zero-order valence-corrected chi connectivity index (χ0v) is 14.5. The van der Waals surface area contributed by atoms with E-state index in [0.717, 1.165) is 24.8 Å². The Morgan fingerprint density at radius 3 is 2.79 bits per heavy atom. The van der Waals surface area contributed by atoms with Gasteiger partial charge in [0.15, 0.2) is 6.29 Å². The van der Waals surface area contributed by atoms with Crippen LogP contribution < -0.4 is 4.74 Å². The molecule has 0 spiro atoms. The summed E-state index contributed by atoms with van der Waals surface area (Å²) in [7, 11) is -2.77. The highest BCUT2D eigenvalue weighted by Crippen LogP contribution is 2.34. The summed E-state index contributed by atoms with van der Waals surface area (Å²) in [5.41, 5.74) is 1.44. The number of ether oxygens (including phenoxy) is 3. The standard InChI is InChI=1S/C16H23O7P/c1-21-10-13-8-12(9-14(17)11-24(18,19)20)5-6-15(13)23-16-4-2-3-7-22-16/h5-6,8,16H,2-4,7,9-11H2,1H3,(H2,18,19,20). The van der Waals surface area contributed by atoms with E-state index >= 15 is 0 Å². The van der Waals surface area contributed by atoms with E-state index in [-0.39, 0.29) is 12.7 Å². The number of hydrogen-bond donors (Lipinski definition) is 2. The van der Waals surface area contributed by atoms with Crippen LogP contribution in [0.25, 0.3) is 0 Å². The Bertz CT molecular complexity index is 604. The van der Waals surface area contributed by atoms with Crippen molar-refractivity contribution in [1.29, 1.82) is 0 Å². The lowest BCUT2D eigenvalue weighted by molar-refractivity contribution is -0.116. The van der Waals surface area contributed by atoms with E-state index in [9.17, 15) is 9.36 Å². The molecule has 0 radical (unpaired) electrons. The highest BCUT2D eigenvalue weighted by atomic mass is 31.2. The van der Waals surface area contributed by atoms with Crippen molar-refractivity contribution in [1.82, 2.24) is 0 Å². The number of benzene rings is 1. The zero-order valence-electron chi connectivity index (χ0n) is 13.6. The molecule has 1 unspecified atom stereocenters. The van der Waals surface area contributed by atoms with Crippen LogP contribution in [0.1, 0.15) is 30.4 Å². The maximum atomic E-state index is 11.7. The molecule has 0 bridgehead atoms. The van der Waals surface area contributed by atoms with Crippen molar-refractivity contribution in [2.45, 2.75) is 38.6 Å². The van der Waals surface area contributed by atoms with Gasteiger partial charge in [-0.3, -0.25) is 9.36 Å². The van der Waals surface area contributed by atoms with Gasteiger partial charge in [-0.25, -0.2) is 0 Å².